The van der Waals surface area contributed by atoms with Crippen molar-refractivity contribution >= 4 is 23.2 Å². The summed E-state index contributed by atoms with van der Waals surface area (Å²) in [7, 11) is 1.62. The summed E-state index contributed by atoms with van der Waals surface area (Å²) < 4.78 is 11.4. The smallest absolute Gasteiger partial charge is 0.180 e. The van der Waals surface area contributed by atoms with E-state index in [2.05, 4.69) is 24.4 Å². The largest absolute Gasteiger partial charge is 0.493 e. The van der Waals surface area contributed by atoms with Gasteiger partial charge in [0.1, 0.15) is 6.61 Å². The molecule has 3 aromatic carbocycles. The molecule has 0 saturated carbocycles. The fraction of sp³-hybridized carbons (Fsp3) is 0.217. The van der Waals surface area contributed by atoms with Crippen LogP contribution in [0.25, 0.3) is 0 Å². The van der Waals surface area contributed by atoms with Gasteiger partial charge in [-0.2, -0.15) is 0 Å². The van der Waals surface area contributed by atoms with Crippen LogP contribution in [-0.2, 0) is 13.2 Å². The zero-order valence-corrected chi connectivity index (χ0v) is 17.4. The van der Waals surface area contributed by atoms with Crippen LogP contribution in [0.15, 0.2) is 66.7 Å². The Morgan fingerprint density at radius 1 is 0.929 bits per heavy atom. The highest BCUT2D eigenvalue weighted by Gasteiger charge is 2.13. The Labute approximate surface area is 176 Å². The van der Waals surface area contributed by atoms with E-state index in [4.69, 9.17) is 32.7 Å². The number of nitrogens with one attached hydrogen (secondary N) is 1. The summed E-state index contributed by atoms with van der Waals surface area (Å²) in [6, 6.07) is 21.9. The van der Waals surface area contributed by atoms with Gasteiger partial charge in [-0.3, -0.25) is 0 Å². The Hall–Kier alpha value is -2.20. The molecule has 0 aliphatic carbocycles. The van der Waals surface area contributed by atoms with Gasteiger partial charge in [-0.25, -0.2) is 0 Å². The SMILES string of the molecule is COc1cc(CN[C@H](C)c2ccccc2)cc(Cl)c1OCc1ccc(Cl)cc1. The second-order valence-electron chi connectivity index (χ2n) is 6.54. The molecule has 0 aliphatic heterocycles. The van der Waals surface area contributed by atoms with Gasteiger partial charge >= 0.3 is 0 Å². The zero-order valence-electron chi connectivity index (χ0n) is 15.9. The van der Waals surface area contributed by atoms with Gasteiger partial charge in [0.15, 0.2) is 11.5 Å². The Kier molecular flexibility index (Phi) is 7.21. The summed E-state index contributed by atoms with van der Waals surface area (Å²) in [5.74, 6) is 1.16. The van der Waals surface area contributed by atoms with Gasteiger partial charge in [-0.05, 0) is 47.9 Å². The minimum absolute atomic E-state index is 0.229. The molecule has 1 atom stereocenters. The van der Waals surface area contributed by atoms with E-state index in [0.717, 1.165) is 11.1 Å². The van der Waals surface area contributed by atoms with Gasteiger partial charge in [0, 0.05) is 17.6 Å². The minimum Gasteiger partial charge on any atom is -0.493 e. The Bertz CT molecular complexity index is 898. The summed E-state index contributed by atoms with van der Waals surface area (Å²) in [6.07, 6.45) is 0. The van der Waals surface area contributed by atoms with Crippen molar-refractivity contribution in [2.24, 2.45) is 0 Å². The van der Waals surface area contributed by atoms with Gasteiger partial charge in [0.25, 0.3) is 0 Å². The van der Waals surface area contributed by atoms with Gasteiger partial charge in [0.05, 0.1) is 12.1 Å². The maximum Gasteiger partial charge on any atom is 0.180 e. The lowest BCUT2D eigenvalue weighted by Gasteiger charge is -2.17. The molecular weight excluding hydrogens is 393 g/mol. The highest BCUT2D eigenvalue weighted by molar-refractivity contribution is 6.32. The zero-order chi connectivity index (χ0) is 19.9. The van der Waals surface area contributed by atoms with Crippen molar-refractivity contribution < 1.29 is 9.47 Å². The van der Waals surface area contributed by atoms with Crippen LogP contribution < -0.4 is 14.8 Å². The monoisotopic (exact) mass is 415 g/mol. The number of hydrogen-bond donors (Lipinski definition) is 1. The van der Waals surface area contributed by atoms with Crippen LogP contribution in [0, 0.1) is 0 Å². The number of methoxy groups -OCH3 is 1. The molecule has 0 aliphatic rings. The lowest BCUT2D eigenvalue weighted by Crippen LogP contribution is -2.18. The van der Waals surface area contributed by atoms with Crippen molar-refractivity contribution in [3.8, 4) is 11.5 Å². The third-order valence-electron chi connectivity index (χ3n) is 4.50. The first-order valence-corrected chi connectivity index (χ1v) is 9.84. The van der Waals surface area contributed by atoms with Crippen LogP contribution >= 0.6 is 23.2 Å². The molecule has 1 N–H and O–H groups in total. The minimum atomic E-state index is 0.229. The summed E-state index contributed by atoms with van der Waals surface area (Å²) in [5, 5.41) is 4.73. The molecule has 28 heavy (non-hydrogen) atoms. The predicted octanol–water partition coefficient (Wildman–Crippen LogP) is 6.43. The number of rotatable bonds is 8. The maximum atomic E-state index is 6.48. The molecule has 3 rings (SSSR count). The van der Waals surface area contributed by atoms with Crippen LogP contribution in [0.1, 0.15) is 29.7 Å². The molecule has 5 heteroatoms. The second-order valence-corrected chi connectivity index (χ2v) is 7.38. The maximum absolute atomic E-state index is 6.48. The normalized spacial score (nSPS) is 11.9. The lowest BCUT2D eigenvalue weighted by atomic mass is 10.1. The number of hydrogen-bond acceptors (Lipinski definition) is 3. The third-order valence-corrected chi connectivity index (χ3v) is 5.03. The van der Waals surface area contributed by atoms with Crippen LogP contribution in [0.4, 0.5) is 0 Å². The molecular formula is C23H23Cl2NO2. The lowest BCUT2D eigenvalue weighted by molar-refractivity contribution is 0.284. The second kappa shape index (κ2) is 9.83. The predicted molar refractivity (Wildman–Crippen MR) is 115 cm³/mol. The molecule has 0 spiro atoms. The molecule has 0 amide bonds. The Morgan fingerprint density at radius 3 is 2.32 bits per heavy atom. The number of ether oxygens (including phenoxy) is 2. The van der Waals surface area contributed by atoms with Gasteiger partial charge in [0.2, 0.25) is 0 Å². The third kappa shape index (κ3) is 5.41. The first-order valence-electron chi connectivity index (χ1n) is 9.09. The molecule has 3 nitrogen and oxygen atoms in total. The van der Waals surface area contributed by atoms with Crippen LogP contribution in [0.3, 0.4) is 0 Å². The van der Waals surface area contributed by atoms with Crippen molar-refractivity contribution in [1.29, 1.82) is 0 Å². The molecule has 0 fully saturated rings. The average molecular weight is 416 g/mol. The van der Waals surface area contributed by atoms with E-state index in [1.165, 1.54) is 5.56 Å². The molecule has 3 aromatic rings. The van der Waals surface area contributed by atoms with Crippen molar-refractivity contribution in [2.45, 2.75) is 26.1 Å². The van der Waals surface area contributed by atoms with Crippen LogP contribution in [-0.4, -0.2) is 7.11 Å². The van der Waals surface area contributed by atoms with E-state index in [1.807, 2.05) is 54.6 Å². The highest BCUT2D eigenvalue weighted by atomic mass is 35.5. The first kappa shape index (κ1) is 20.5. The first-order chi connectivity index (χ1) is 13.6. The summed E-state index contributed by atoms with van der Waals surface area (Å²) >= 11 is 12.4. The molecule has 0 unspecified atom stereocenters. The van der Waals surface area contributed by atoms with E-state index < -0.39 is 0 Å². The van der Waals surface area contributed by atoms with Gasteiger partial charge in [-0.15, -0.1) is 0 Å². The molecule has 0 radical (unpaired) electrons. The highest BCUT2D eigenvalue weighted by Crippen LogP contribution is 2.37. The van der Waals surface area contributed by atoms with E-state index in [0.29, 0.717) is 34.7 Å². The topological polar surface area (TPSA) is 30.5 Å². The molecule has 0 bridgehead atoms. The number of benzene rings is 3. The van der Waals surface area contributed by atoms with E-state index in [-0.39, 0.29) is 6.04 Å². The Balaban J connectivity index is 1.67. The van der Waals surface area contributed by atoms with Crippen LogP contribution in [0.2, 0.25) is 10.0 Å². The quantitative estimate of drug-likeness (QED) is 0.459. The molecule has 0 heterocycles. The molecule has 0 aromatic heterocycles. The summed E-state index contributed by atoms with van der Waals surface area (Å²) in [6.45, 7) is 3.19. The molecule has 146 valence electrons. The van der Waals surface area contributed by atoms with Crippen molar-refractivity contribution in [3.05, 3.63) is 93.5 Å². The Morgan fingerprint density at radius 2 is 1.64 bits per heavy atom. The summed E-state index contributed by atoms with van der Waals surface area (Å²) in [5.41, 5.74) is 3.27. The molecule has 0 saturated heterocycles. The van der Waals surface area contributed by atoms with Crippen molar-refractivity contribution in [2.75, 3.05) is 7.11 Å². The van der Waals surface area contributed by atoms with E-state index in [1.54, 1.807) is 7.11 Å². The fourth-order valence-electron chi connectivity index (χ4n) is 2.88. The average Bonchev–Trinajstić information content (AvgIpc) is 2.72. The van der Waals surface area contributed by atoms with E-state index in [9.17, 15) is 0 Å². The van der Waals surface area contributed by atoms with Gasteiger partial charge < -0.3 is 14.8 Å². The fourth-order valence-corrected chi connectivity index (χ4v) is 3.30. The van der Waals surface area contributed by atoms with Gasteiger partial charge in [-0.1, -0.05) is 65.7 Å². The van der Waals surface area contributed by atoms with E-state index >= 15 is 0 Å². The number of halogens is 2. The van der Waals surface area contributed by atoms with Crippen molar-refractivity contribution in [1.82, 2.24) is 5.32 Å². The standard InChI is InChI=1S/C23H23Cl2NO2/c1-16(19-6-4-3-5-7-19)26-14-18-12-21(25)23(22(13-18)27-2)28-15-17-8-10-20(24)11-9-17/h3-13,16,26H,14-15H2,1-2H3/t16-/m1/s1. The van der Waals surface area contributed by atoms with Crippen LogP contribution in [0.5, 0.6) is 11.5 Å². The summed E-state index contributed by atoms with van der Waals surface area (Å²) in [4.78, 5) is 0. The van der Waals surface area contributed by atoms with Crippen molar-refractivity contribution in [3.63, 3.8) is 0 Å².